The third kappa shape index (κ3) is 3.06. The Morgan fingerprint density at radius 3 is 2.77 bits per heavy atom. The Hall–Kier alpha value is -3.49. The number of aliphatic hydroxyl groups is 1. The SMILES string of the molecule is C[C@@](O)(C#Cc1cccc(-n2ncc3ccccc32)c1)c1cccnn1. The van der Waals surface area contributed by atoms with Crippen molar-refractivity contribution in [3.63, 3.8) is 0 Å². The number of hydrogen-bond donors (Lipinski definition) is 1. The van der Waals surface area contributed by atoms with Crippen LogP contribution in [0.5, 0.6) is 0 Å². The van der Waals surface area contributed by atoms with Crippen molar-refractivity contribution in [2.75, 3.05) is 0 Å². The zero-order chi connectivity index (χ0) is 18.0. The minimum Gasteiger partial charge on any atom is -0.372 e. The molecule has 0 spiro atoms. The molecule has 0 radical (unpaired) electrons. The van der Waals surface area contributed by atoms with Crippen LogP contribution in [0.4, 0.5) is 0 Å². The summed E-state index contributed by atoms with van der Waals surface area (Å²) < 4.78 is 1.88. The minimum atomic E-state index is -1.37. The topological polar surface area (TPSA) is 63.8 Å². The van der Waals surface area contributed by atoms with Crippen molar-refractivity contribution in [3.8, 4) is 17.5 Å². The van der Waals surface area contributed by atoms with Gasteiger partial charge < -0.3 is 5.11 Å². The summed E-state index contributed by atoms with van der Waals surface area (Å²) in [6.07, 6.45) is 3.40. The fourth-order valence-corrected chi connectivity index (χ4v) is 2.71. The molecule has 5 nitrogen and oxygen atoms in total. The van der Waals surface area contributed by atoms with Crippen molar-refractivity contribution in [3.05, 3.63) is 84.3 Å². The number of nitrogens with zero attached hydrogens (tertiary/aromatic N) is 4. The lowest BCUT2D eigenvalue weighted by atomic mass is 10.0. The van der Waals surface area contributed by atoms with E-state index in [1.165, 1.54) is 0 Å². The molecule has 26 heavy (non-hydrogen) atoms. The van der Waals surface area contributed by atoms with Gasteiger partial charge >= 0.3 is 0 Å². The summed E-state index contributed by atoms with van der Waals surface area (Å²) in [7, 11) is 0. The molecule has 0 unspecified atom stereocenters. The molecule has 126 valence electrons. The van der Waals surface area contributed by atoms with Gasteiger partial charge in [0.25, 0.3) is 0 Å². The second kappa shape index (κ2) is 6.43. The number of benzene rings is 2. The Balaban J connectivity index is 1.70. The summed E-state index contributed by atoms with van der Waals surface area (Å²) in [5.41, 5.74) is 1.78. The van der Waals surface area contributed by atoms with Gasteiger partial charge in [0.2, 0.25) is 0 Å². The molecule has 2 aromatic carbocycles. The van der Waals surface area contributed by atoms with Gasteiger partial charge in [0.15, 0.2) is 5.60 Å². The maximum absolute atomic E-state index is 10.5. The lowest BCUT2D eigenvalue weighted by Gasteiger charge is -2.14. The third-order valence-corrected chi connectivity index (χ3v) is 4.09. The standard InChI is InChI=1S/C21H16N4O/c1-21(26,20-10-5-13-22-24-20)12-11-16-6-4-8-18(14-16)25-19-9-3-2-7-17(19)15-23-25/h2-10,13-15,26H,1H3/t21-/m1/s1. The molecule has 0 bridgehead atoms. The Bertz CT molecular complexity index is 1120. The van der Waals surface area contributed by atoms with E-state index in [2.05, 4.69) is 27.1 Å². The summed E-state index contributed by atoms with van der Waals surface area (Å²) in [6.45, 7) is 1.61. The van der Waals surface area contributed by atoms with Crippen LogP contribution in [0.1, 0.15) is 18.2 Å². The smallest absolute Gasteiger partial charge is 0.167 e. The molecule has 0 saturated carbocycles. The van der Waals surface area contributed by atoms with E-state index in [4.69, 9.17) is 0 Å². The molecule has 2 heterocycles. The van der Waals surface area contributed by atoms with Crippen LogP contribution in [0.3, 0.4) is 0 Å². The van der Waals surface area contributed by atoms with Crippen LogP contribution in [-0.2, 0) is 5.60 Å². The molecule has 0 aliphatic heterocycles. The molecule has 4 aromatic rings. The monoisotopic (exact) mass is 340 g/mol. The van der Waals surface area contributed by atoms with Crippen molar-refractivity contribution in [2.24, 2.45) is 0 Å². The highest BCUT2D eigenvalue weighted by Gasteiger charge is 2.21. The fraction of sp³-hybridized carbons (Fsp3) is 0.0952. The Morgan fingerprint density at radius 2 is 1.92 bits per heavy atom. The predicted octanol–water partition coefficient (Wildman–Crippen LogP) is 3.07. The lowest BCUT2D eigenvalue weighted by molar-refractivity contribution is 0.116. The third-order valence-electron chi connectivity index (χ3n) is 4.09. The van der Waals surface area contributed by atoms with Crippen molar-refractivity contribution >= 4 is 10.9 Å². The van der Waals surface area contributed by atoms with Crippen LogP contribution in [0.2, 0.25) is 0 Å². The zero-order valence-corrected chi connectivity index (χ0v) is 14.2. The Morgan fingerprint density at radius 1 is 1.04 bits per heavy atom. The van der Waals surface area contributed by atoms with Crippen LogP contribution < -0.4 is 0 Å². The van der Waals surface area contributed by atoms with Crippen LogP contribution in [-0.4, -0.2) is 25.1 Å². The molecule has 0 aliphatic carbocycles. The van der Waals surface area contributed by atoms with Crippen LogP contribution in [0.25, 0.3) is 16.6 Å². The minimum absolute atomic E-state index is 0.418. The van der Waals surface area contributed by atoms with Gasteiger partial charge in [0.05, 0.1) is 17.4 Å². The molecular weight excluding hydrogens is 324 g/mol. The molecule has 0 aliphatic rings. The van der Waals surface area contributed by atoms with E-state index < -0.39 is 5.60 Å². The van der Waals surface area contributed by atoms with E-state index in [0.717, 1.165) is 22.2 Å². The first-order valence-corrected chi connectivity index (χ1v) is 8.20. The summed E-state index contributed by atoms with van der Waals surface area (Å²) in [6, 6.07) is 19.2. The first-order valence-electron chi connectivity index (χ1n) is 8.20. The van der Waals surface area contributed by atoms with Crippen LogP contribution >= 0.6 is 0 Å². The fourth-order valence-electron chi connectivity index (χ4n) is 2.71. The molecule has 1 N–H and O–H groups in total. The predicted molar refractivity (Wildman–Crippen MR) is 99.6 cm³/mol. The second-order valence-corrected chi connectivity index (χ2v) is 6.10. The van der Waals surface area contributed by atoms with Crippen LogP contribution in [0.15, 0.2) is 73.1 Å². The second-order valence-electron chi connectivity index (χ2n) is 6.10. The molecule has 0 amide bonds. The van der Waals surface area contributed by atoms with Crippen LogP contribution in [0, 0.1) is 11.8 Å². The number of fused-ring (bicyclic) bond motifs is 1. The van der Waals surface area contributed by atoms with E-state index in [1.807, 2.05) is 59.4 Å². The highest BCUT2D eigenvalue weighted by molar-refractivity contribution is 5.80. The van der Waals surface area contributed by atoms with E-state index >= 15 is 0 Å². The summed E-state index contributed by atoms with van der Waals surface area (Å²) >= 11 is 0. The zero-order valence-electron chi connectivity index (χ0n) is 14.2. The van der Waals surface area contributed by atoms with Gasteiger partial charge in [-0.2, -0.15) is 15.3 Å². The molecule has 4 rings (SSSR count). The van der Waals surface area contributed by atoms with Gasteiger partial charge in [-0.05, 0) is 43.3 Å². The average Bonchev–Trinajstić information content (AvgIpc) is 3.12. The molecular formula is C21H16N4O. The van der Waals surface area contributed by atoms with E-state index in [0.29, 0.717) is 5.69 Å². The number of para-hydroxylation sites is 1. The van der Waals surface area contributed by atoms with E-state index in [1.54, 1.807) is 25.3 Å². The number of aromatic nitrogens is 4. The van der Waals surface area contributed by atoms with Gasteiger partial charge in [-0.15, -0.1) is 0 Å². The average molecular weight is 340 g/mol. The molecule has 0 saturated heterocycles. The summed E-state index contributed by atoms with van der Waals surface area (Å²) in [5.74, 6) is 5.90. The summed E-state index contributed by atoms with van der Waals surface area (Å²) in [5, 5.41) is 23.8. The molecule has 5 heteroatoms. The highest BCUT2D eigenvalue weighted by atomic mass is 16.3. The van der Waals surface area contributed by atoms with E-state index in [-0.39, 0.29) is 0 Å². The van der Waals surface area contributed by atoms with Gasteiger partial charge in [-0.1, -0.05) is 36.1 Å². The maximum Gasteiger partial charge on any atom is 0.167 e. The normalized spacial score (nSPS) is 13.0. The first kappa shape index (κ1) is 16.0. The van der Waals surface area contributed by atoms with Gasteiger partial charge in [-0.25, -0.2) is 4.68 Å². The first-order chi connectivity index (χ1) is 12.6. The quantitative estimate of drug-likeness (QED) is 0.570. The molecule has 0 fully saturated rings. The van der Waals surface area contributed by atoms with E-state index in [9.17, 15) is 5.11 Å². The highest BCUT2D eigenvalue weighted by Crippen LogP contribution is 2.19. The molecule has 1 atom stereocenters. The van der Waals surface area contributed by atoms with Crippen molar-refractivity contribution < 1.29 is 5.11 Å². The van der Waals surface area contributed by atoms with Gasteiger partial charge in [0, 0.05) is 17.1 Å². The van der Waals surface area contributed by atoms with Crippen molar-refractivity contribution in [1.82, 2.24) is 20.0 Å². The van der Waals surface area contributed by atoms with Gasteiger partial charge in [-0.3, -0.25) is 0 Å². The number of hydrogen-bond acceptors (Lipinski definition) is 4. The molecule has 2 aromatic heterocycles. The van der Waals surface area contributed by atoms with Crippen molar-refractivity contribution in [2.45, 2.75) is 12.5 Å². The number of rotatable bonds is 2. The van der Waals surface area contributed by atoms with Gasteiger partial charge in [0.1, 0.15) is 5.69 Å². The van der Waals surface area contributed by atoms with Crippen molar-refractivity contribution in [1.29, 1.82) is 0 Å². The largest absolute Gasteiger partial charge is 0.372 e. The maximum atomic E-state index is 10.5. The Labute approximate surface area is 150 Å². The lowest BCUT2D eigenvalue weighted by Crippen LogP contribution is -2.20. The summed E-state index contributed by atoms with van der Waals surface area (Å²) in [4.78, 5) is 0. The Kier molecular flexibility index (Phi) is 3.96.